The lowest BCUT2D eigenvalue weighted by molar-refractivity contribution is 0.329. The molecule has 1 aromatic rings. The van der Waals surface area contributed by atoms with E-state index in [4.69, 9.17) is 4.74 Å². The van der Waals surface area contributed by atoms with Crippen molar-refractivity contribution in [2.75, 3.05) is 18.1 Å². The zero-order valence-electron chi connectivity index (χ0n) is 11.4. The predicted molar refractivity (Wildman–Crippen MR) is 76.2 cm³/mol. The van der Waals surface area contributed by atoms with Gasteiger partial charge in [0.2, 0.25) is 0 Å². The number of benzene rings is 1. The van der Waals surface area contributed by atoms with Crippen molar-refractivity contribution in [3.8, 4) is 5.75 Å². The number of sulfone groups is 1. The van der Waals surface area contributed by atoms with Crippen molar-refractivity contribution in [2.45, 2.75) is 32.4 Å². The molecule has 1 fully saturated rings. The summed E-state index contributed by atoms with van der Waals surface area (Å²) in [7, 11) is -2.99. The first kappa shape index (κ1) is 14.3. The average Bonchev–Trinajstić information content (AvgIpc) is 2.38. The Hall–Kier alpha value is -1.07. The highest BCUT2D eigenvalue weighted by molar-refractivity contribution is 7.91. The lowest BCUT2D eigenvalue weighted by Crippen LogP contribution is -2.46. The zero-order valence-corrected chi connectivity index (χ0v) is 12.2. The molecule has 0 radical (unpaired) electrons. The summed E-state index contributed by atoms with van der Waals surface area (Å²) in [6.07, 6.45) is 0.812. The van der Waals surface area contributed by atoms with E-state index in [-0.39, 0.29) is 23.6 Å². The molecule has 1 heterocycles. The minimum atomic E-state index is -2.99. The van der Waals surface area contributed by atoms with Crippen LogP contribution in [0.2, 0.25) is 0 Å². The van der Waals surface area contributed by atoms with Crippen LogP contribution in [0.5, 0.6) is 5.75 Å². The van der Waals surface area contributed by atoms with Gasteiger partial charge in [0.15, 0.2) is 9.84 Å². The molecule has 1 N–H and O–H groups in total. The molecule has 2 atom stereocenters. The van der Waals surface area contributed by atoms with Gasteiger partial charge in [-0.2, -0.15) is 0 Å². The lowest BCUT2D eigenvalue weighted by Gasteiger charge is -2.31. The molecule has 0 saturated carbocycles. The van der Waals surface area contributed by atoms with Gasteiger partial charge in [-0.3, -0.25) is 0 Å². The van der Waals surface area contributed by atoms with Crippen LogP contribution in [0.3, 0.4) is 0 Å². The third kappa shape index (κ3) is 3.48. The summed E-state index contributed by atoms with van der Waals surface area (Å²) >= 11 is 0. The Morgan fingerprint density at radius 2 is 2.00 bits per heavy atom. The maximum absolute atomic E-state index is 12.0. The van der Waals surface area contributed by atoms with Crippen LogP contribution in [-0.2, 0) is 9.84 Å². The second-order valence-corrected chi connectivity index (χ2v) is 7.03. The Morgan fingerprint density at radius 1 is 1.26 bits per heavy atom. The van der Waals surface area contributed by atoms with Gasteiger partial charge in [-0.15, -0.1) is 0 Å². The van der Waals surface area contributed by atoms with Crippen molar-refractivity contribution in [1.82, 2.24) is 5.32 Å². The Balaban J connectivity index is 2.30. The minimum Gasteiger partial charge on any atom is -0.494 e. The Labute approximate surface area is 115 Å². The maximum Gasteiger partial charge on any atom is 0.153 e. The molecule has 2 unspecified atom stereocenters. The Kier molecular flexibility index (Phi) is 4.47. The SMILES string of the molecule is CCOc1ccccc1C1CS(=O)(=O)CC(CC)N1. The van der Waals surface area contributed by atoms with Crippen LogP contribution in [0, 0.1) is 0 Å². The topological polar surface area (TPSA) is 55.4 Å². The fourth-order valence-electron chi connectivity index (χ4n) is 2.48. The summed E-state index contributed by atoms with van der Waals surface area (Å²) in [6, 6.07) is 7.51. The van der Waals surface area contributed by atoms with E-state index in [2.05, 4.69) is 5.32 Å². The molecular weight excluding hydrogens is 262 g/mol. The van der Waals surface area contributed by atoms with E-state index in [1.165, 1.54) is 0 Å². The summed E-state index contributed by atoms with van der Waals surface area (Å²) in [5.41, 5.74) is 0.936. The van der Waals surface area contributed by atoms with E-state index < -0.39 is 9.84 Å². The van der Waals surface area contributed by atoms with Crippen molar-refractivity contribution in [2.24, 2.45) is 0 Å². The molecule has 106 valence electrons. The quantitative estimate of drug-likeness (QED) is 0.917. The third-order valence-electron chi connectivity index (χ3n) is 3.40. The number of ether oxygens (including phenoxy) is 1. The Morgan fingerprint density at radius 3 is 2.68 bits per heavy atom. The molecule has 0 aromatic heterocycles. The van der Waals surface area contributed by atoms with Crippen molar-refractivity contribution < 1.29 is 13.2 Å². The fourth-order valence-corrected chi connectivity index (χ4v) is 4.34. The van der Waals surface area contributed by atoms with Crippen LogP contribution < -0.4 is 10.1 Å². The summed E-state index contributed by atoms with van der Waals surface area (Å²) in [4.78, 5) is 0. The molecule has 1 aliphatic rings. The molecule has 5 heteroatoms. The summed E-state index contributed by atoms with van der Waals surface area (Å²) in [6.45, 7) is 4.51. The number of para-hydroxylation sites is 1. The van der Waals surface area contributed by atoms with Gasteiger partial charge in [0.05, 0.1) is 24.2 Å². The standard InChI is InChI=1S/C14H21NO3S/c1-3-11-9-19(16,17)10-13(15-11)12-7-5-6-8-14(12)18-4-2/h5-8,11,13,15H,3-4,9-10H2,1-2H3. The van der Waals surface area contributed by atoms with E-state index >= 15 is 0 Å². The van der Waals surface area contributed by atoms with Gasteiger partial charge in [-0.1, -0.05) is 25.1 Å². The van der Waals surface area contributed by atoms with Gasteiger partial charge < -0.3 is 10.1 Å². The molecule has 0 bridgehead atoms. The molecule has 1 aliphatic heterocycles. The molecule has 1 saturated heterocycles. The minimum absolute atomic E-state index is 0.0263. The van der Waals surface area contributed by atoms with Gasteiger partial charge in [-0.05, 0) is 19.4 Å². The van der Waals surface area contributed by atoms with E-state index in [9.17, 15) is 8.42 Å². The Bertz CT molecular complexity index is 527. The van der Waals surface area contributed by atoms with Crippen LogP contribution >= 0.6 is 0 Å². The van der Waals surface area contributed by atoms with Crippen LogP contribution in [0.25, 0.3) is 0 Å². The van der Waals surface area contributed by atoms with E-state index in [0.29, 0.717) is 6.61 Å². The highest BCUT2D eigenvalue weighted by Gasteiger charge is 2.32. The zero-order chi connectivity index (χ0) is 13.9. The van der Waals surface area contributed by atoms with E-state index in [1.807, 2.05) is 38.1 Å². The maximum atomic E-state index is 12.0. The van der Waals surface area contributed by atoms with Gasteiger partial charge in [0.1, 0.15) is 5.75 Å². The van der Waals surface area contributed by atoms with Gasteiger partial charge in [-0.25, -0.2) is 8.42 Å². The first-order chi connectivity index (χ1) is 9.05. The molecule has 4 nitrogen and oxygen atoms in total. The van der Waals surface area contributed by atoms with Crippen LogP contribution in [0.15, 0.2) is 24.3 Å². The molecule has 1 aromatic carbocycles. The van der Waals surface area contributed by atoms with E-state index in [1.54, 1.807) is 0 Å². The van der Waals surface area contributed by atoms with Gasteiger partial charge >= 0.3 is 0 Å². The summed E-state index contributed by atoms with van der Waals surface area (Å²) < 4.78 is 29.6. The molecule has 0 aliphatic carbocycles. The molecule has 19 heavy (non-hydrogen) atoms. The first-order valence-electron chi connectivity index (χ1n) is 6.74. The third-order valence-corrected chi connectivity index (χ3v) is 5.15. The lowest BCUT2D eigenvalue weighted by atomic mass is 10.1. The molecule has 0 spiro atoms. The molecule has 2 rings (SSSR count). The van der Waals surface area contributed by atoms with E-state index in [0.717, 1.165) is 17.7 Å². The highest BCUT2D eigenvalue weighted by Crippen LogP contribution is 2.29. The first-order valence-corrected chi connectivity index (χ1v) is 8.56. The molecular formula is C14H21NO3S. The van der Waals surface area contributed by atoms with Gasteiger partial charge in [0, 0.05) is 11.6 Å². The average molecular weight is 283 g/mol. The number of nitrogens with one attached hydrogen (secondary N) is 1. The van der Waals surface area contributed by atoms with Crippen molar-refractivity contribution >= 4 is 9.84 Å². The summed E-state index contributed by atoms with van der Waals surface area (Å²) in [5, 5.41) is 3.41. The van der Waals surface area contributed by atoms with Crippen LogP contribution in [0.1, 0.15) is 31.9 Å². The number of hydrogen-bond donors (Lipinski definition) is 1. The smallest absolute Gasteiger partial charge is 0.153 e. The largest absolute Gasteiger partial charge is 0.494 e. The van der Waals surface area contributed by atoms with Crippen molar-refractivity contribution in [3.05, 3.63) is 29.8 Å². The number of hydrogen-bond acceptors (Lipinski definition) is 4. The second kappa shape index (κ2) is 5.92. The van der Waals surface area contributed by atoms with Crippen LogP contribution in [-0.4, -0.2) is 32.6 Å². The van der Waals surface area contributed by atoms with Crippen molar-refractivity contribution in [1.29, 1.82) is 0 Å². The molecule has 0 amide bonds. The second-order valence-electron chi connectivity index (χ2n) is 4.87. The number of rotatable bonds is 4. The van der Waals surface area contributed by atoms with Crippen LogP contribution in [0.4, 0.5) is 0 Å². The van der Waals surface area contributed by atoms with Gasteiger partial charge in [0.25, 0.3) is 0 Å². The van der Waals surface area contributed by atoms with Crippen molar-refractivity contribution in [3.63, 3.8) is 0 Å². The normalized spacial score (nSPS) is 26.0. The summed E-state index contributed by atoms with van der Waals surface area (Å²) in [5.74, 6) is 1.15. The highest BCUT2D eigenvalue weighted by atomic mass is 32.2. The predicted octanol–water partition coefficient (Wildman–Crippen LogP) is 1.92. The monoisotopic (exact) mass is 283 g/mol. The fraction of sp³-hybridized carbons (Fsp3) is 0.571.